The molecule has 3 rings (SSSR count). The third-order valence-corrected chi connectivity index (χ3v) is 3.23. The normalized spacial score (nSPS) is 10.7. The molecule has 2 heterocycles. The van der Waals surface area contributed by atoms with E-state index in [0.29, 0.717) is 29.8 Å². The molecule has 1 N–H and O–H groups in total. The van der Waals surface area contributed by atoms with Gasteiger partial charge in [0.2, 0.25) is 17.7 Å². The minimum atomic E-state index is -0.187. The number of aromatic nitrogens is 3. The zero-order valence-corrected chi connectivity index (χ0v) is 12.9. The summed E-state index contributed by atoms with van der Waals surface area (Å²) in [7, 11) is 0. The molecule has 0 radical (unpaired) electrons. The van der Waals surface area contributed by atoms with Crippen LogP contribution in [-0.2, 0) is 11.2 Å². The van der Waals surface area contributed by atoms with Crippen LogP contribution >= 0.6 is 0 Å². The summed E-state index contributed by atoms with van der Waals surface area (Å²) in [6, 6.07) is 9.46. The van der Waals surface area contributed by atoms with E-state index in [2.05, 4.69) is 20.7 Å². The zero-order chi connectivity index (χ0) is 16.2. The molecule has 23 heavy (non-hydrogen) atoms. The van der Waals surface area contributed by atoms with E-state index in [9.17, 15) is 4.79 Å². The van der Waals surface area contributed by atoms with E-state index in [0.717, 1.165) is 11.1 Å². The number of carbonyl (C=O) groups excluding carboxylic acids is 1. The molecule has 0 aliphatic heterocycles. The molecular weight excluding hydrogens is 296 g/mol. The van der Waals surface area contributed by atoms with Crippen LogP contribution in [0.4, 0.5) is 5.82 Å². The van der Waals surface area contributed by atoms with Gasteiger partial charge >= 0.3 is 0 Å². The first-order valence-electron chi connectivity index (χ1n) is 7.23. The lowest BCUT2D eigenvalue weighted by atomic mass is 10.1. The number of hydrogen-bond acceptors (Lipinski definition) is 6. The van der Waals surface area contributed by atoms with Crippen molar-refractivity contribution in [1.82, 2.24) is 15.4 Å². The van der Waals surface area contributed by atoms with Crippen LogP contribution in [0.2, 0.25) is 0 Å². The Balaban J connectivity index is 1.56. The number of rotatable bonds is 5. The van der Waals surface area contributed by atoms with E-state index in [-0.39, 0.29) is 12.3 Å². The molecule has 0 saturated heterocycles. The van der Waals surface area contributed by atoms with E-state index in [1.165, 1.54) is 0 Å². The van der Waals surface area contributed by atoms with Crippen LogP contribution in [0, 0.1) is 13.8 Å². The number of nitrogens with zero attached hydrogens (tertiary/aromatic N) is 3. The Labute approximate surface area is 132 Å². The Morgan fingerprint density at radius 2 is 1.96 bits per heavy atom. The minimum absolute atomic E-state index is 0.187. The molecule has 1 amide bonds. The summed E-state index contributed by atoms with van der Waals surface area (Å²) in [4.78, 5) is 11.8. The van der Waals surface area contributed by atoms with Crippen molar-refractivity contribution in [3.63, 3.8) is 0 Å². The van der Waals surface area contributed by atoms with Gasteiger partial charge in [0.05, 0.1) is 0 Å². The zero-order valence-electron chi connectivity index (χ0n) is 12.9. The quantitative estimate of drug-likeness (QED) is 0.778. The van der Waals surface area contributed by atoms with Crippen LogP contribution in [-0.4, -0.2) is 21.3 Å². The molecule has 7 nitrogen and oxygen atoms in total. The second kappa shape index (κ2) is 6.43. The van der Waals surface area contributed by atoms with Crippen molar-refractivity contribution in [3.05, 3.63) is 47.5 Å². The van der Waals surface area contributed by atoms with Crippen LogP contribution < -0.4 is 5.32 Å². The van der Waals surface area contributed by atoms with Crippen molar-refractivity contribution in [2.45, 2.75) is 26.7 Å². The van der Waals surface area contributed by atoms with Crippen LogP contribution in [0.25, 0.3) is 11.5 Å². The second-order valence-corrected chi connectivity index (χ2v) is 5.24. The van der Waals surface area contributed by atoms with Crippen LogP contribution in [0.5, 0.6) is 0 Å². The Morgan fingerprint density at radius 3 is 2.65 bits per heavy atom. The van der Waals surface area contributed by atoms with Crippen molar-refractivity contribution >= 4 is 11.7 Å². The summed E-state index contributed by atoms with van der Waals surface area (Å²) in [5, 5.41) is 14.3. The molecule has 0 atom stereocenters. The first-order valence-corrected chi connectivity index (χ1v) is 7.23. The third-order valence-electron chi connectivity index (χ3n) is 3.23. The predicted octanol–water partition coefficient (Wildman–Crippen LogP) is 2.91. The molecule has 0 bridgehead atoms. The molecule has 7 heteroatoms. The monoisotopic (exact) mass is 312 g/mol. The van der Waals surface area contributed by atoms with Crippen molar-refractivity contribution in [1.29, 1.82) is 0 Å². The lowest BCUT2D eigenvalue weighted by molar-refractivity contribution is -0.116. The standard InChI is InChI=1S/C16H16N4O3/c1-10-3-5-12(6-4-10)16-19-18-15(22-16)8-7-14(21)17-13-9-11(2)23-20-13/h3-6,9H,7-8H2,1-2H3,(H,17,20,21). The average Bonchev–Trinajstić information content (AvgIpc) is 3.15. The Bertz CT molecular complexity index is 805. The molecule has 0 aliphatic carbocycles. The fourth-order valence-corrected chi connectivity index (χ4v) is 2.02. The highest BCUT2D eigenvalue weighted by Gasteiger charge is 2.11. The molecule has 0 aliphatic rings. The topological polar surface area (TPSA) is 94.1 Å². The van der Waals surface area contributed by atoms with Crippen molar-refractivity contribution in [3.8, 4) is 11.5 Å². The molecule has 0 saturated carbocycles. The third kappa shape index (κ3) is 3.82. The van der Waals surface area contributed by atoms with Gasteiger partial charge in [-0.15, -0.1) is 10.2 Å². The van der Waals surface area contributed by atoms with E-state index in [1.807, 2.05) is 31.2 Å². The van der Waals surface area contributed by atoms with Gasteiger partial charge in [0.25, 0.3) is 0 Å². The fourth-order valence-electron chi connectivity index (χ4n) is 2.02. The second-order valence-electron chi connectivity index (χ2n) is 5.24. The van der Waals surface area contributed by atoms with Crippen molar-refractivity contribution in [2.24, 2.45) is 0 Å². The summed E-state index contributed by atoms with van der Waals surface area (Å²) < 4.78 is 10.5. The van der Waals surface area contributed by atoms with Gasteiger partial charge in [0, 0.05) is 24.5 Å². The summed E-state index contributed by atoms with van der Waals surface area (Å²) >= 11 is 0. The minimum Gasteiger partial charge on any atom is -0.421 e. The summed E-state index contributed by atoms with van der Waals surface area (Å²) in [6.45, 7) is 3.77. The molecule has 0 fully saturated rings. The van der Waals surface area contributed by atoms with E-state index in [1.54, 1.807) is 13.0 Å². The fraction of sp³-hybridized carbons (Fsp3) is 0.250. The first-order chi connectivity index (χ1) is 11.1. The van der Waals surface area contributed by atoms with Gasteiger partial charge in [0.1, 0.15) is 5.76 Å². The van der Waals surface area contributed by atoms with Crippen molar-refractivity contribution in [2.75, 3.05) is 5.32 Å². The van der Waals surface area contributed by atoms with E-state index >= 15 is 0 Å². The maximum atomic E-state index is 11.8. The number of carbonyl (C=O) groups is 1. The molecule has 118 valence electrons. The van der Waals surface area contributed by atoms with Gasteiger partial charge in [-0.1, -0.05) is 22.9 Å². The van der Waals surface area contributed by atoms with Gasteiger partial charge in [-0.05, 0) is 26.0 Å². The summed E-state index contributed by atoms with van der Waals surface area (Å²) in [6.07, 6.45) is 0.586. The molecule has 1 aromatic carbocycles. The number of nitrogens with one attached hydrogen (secondary N) is 1. The molecule has 3 aromatic rings. The number of aryl methyl sites for hydroxylation is 3. The lowest BCUT2D eigenvalue weighted by Gasteiger charge is -1.98. The first kappa shape index (κ1) is 15.0. The largest absolute Gasteiger partial charge is 0.421 e. The Morgan fingerprint density at radius 1 is 1.17 bits per heavy atom. The smallest absolute Gasteiger partial charge is 0.247 e. The Hall–Kier alpha value is -2.96. The van der Waals surface area contributed by atoms with Gasteiger partial charge in [-0.2, -0.15) is 0 Å². The highest BCUT2D eigenvalue weighted by molar-refractivity contribution is 5.89. The maximum Gasteiger partial charge on any atom is 0.247 e. The summed E-state index contributed by atoms with van der Waals surface area (Å²) in [5.41, 5.74) is 2.02. The number of anilines is 1. The molecule has 0 spiro atoms. The number of amides is 1. The maximum absolute atomic E-state index is 11.8. The van der Waals surface area contributed by atoms with Gasteiger partial charge < -0.3 is 14.3 Å². The van der Waals surface area contributed by atoms with Crippen LogP contribution in [0.15, 0.2) is 39.3 Å². The van der Waals surface area contributed by atoms with Crippen LogP contribution in [0.3, 0.4) is 0 Å². The van der Waals surface area contributed by atoms with Gasteiger partial charge in [-0.25, -0.2) is 0 Å². The molecule has 2 aromatic heterocycles. The van der Waals surface area contributed by atoms with E-state index in [4.69, 9.17) is 8.94 Å². The summed E-state index contributed by atoms with van der Waals surface area (Å²) in [5.74, 6) is 1.73. The van der Waals surface area contributed by atoms with Crippen molar-refractivity contribution < 1.29 is 13.7 Å². The van der Waals surface area contributed by atoms with Gasteiger partial charge in [-0.3, -0.25) is 4.79 Å². The molecular formula is C16H16N4O3. The Kier molecular flexibility index (Phi) is 4.18. The van der Waals surface area contributed by atoms with Crippen LogP contribution in [0.1, 0.15) is 23.6 Å². The lowest BCUT2D eigenvalue weighted by Crippen LogP contribution is -2.12. The highest BCUT2D eigenvalue weighted by atomic mass is 16.5. The highest BCUT2D eigenvalue weighted by Crippen LogP contribution is 2.18. The SMILES string of the molecule is Cc1ccc(-c2nnc(CCC(=O)Nc3cc(C)on3)o2)cc1. The average molecular weight is 312 g/mol. The number of benzene rings is 1. The van der Waals surface area contributed by atoms with E-state index < -0.39 is 0 Å². The molecule has 0 unspecified atom stereocenters. The predicted molar refractivity (Wildman–Crippen MR) is 82.7 cm³/mol. The van der Waals surface area contributed by atoms with Gasteiger partial charge in [0.15, 0.2) is 5.82 Å². The number of hydrogen-bond donors (Lipinski definition) is 1.